The van der Waals surface area contributed by atoms with Gasteiger partial charge in [-0.25, -0.2) is 0 Å². The van der Waals surface area contributed by atoms with Crippen LogP contribution in [0, 0.1) is 12.8 Å². The fourth-order valence-electron chi connectivity index (χ4n) is 2.57. The van der Waals surface area contributed by atoms with Crippen LogP contribution >= 0.6 is 11.3 Å². The van der Waals surface area contributed by atoms with Gasteiger partial charge in [-0.1, -0.05) is 5.16 Å². The zero-order valence-corrected chi connectivity index (χ0v) is 12.4. The topological polar surface area (TPSA) is 60.2 Å². The average Bonchev–Trinajstić information content (AvgIpc) is 3.12. The molecule has 1 N–H and O–H groups in total. The molecule has 1 saturated heterocycles. The quantitative estimate of drug-likeness (QED) is 0.918. The molecule has 108 valence electrons. The van der Waals surface area contributed by atoms with E-state index < -0.39 is 0 Å². The predicted molar refractivity (Wildman–Crippen MR) is 76.5 cm³/mol. The Balaban J connectivity index is 1.72. The normalized spacial score (nSPS) is 18.2. The number of aromatic nitrogens is 2. The van der Waals surface area contributed by atoms with Crippen LogP contribution in [0.5, 0.6) is 0 Å². The van der Waals surface area contributed by atoms with Crippen LogP contribution in [0.2, 0.25) is 0 Å². The van der Waals surface area contributed by atoms with Gasteiger partial charge < -0.3 is 14.6 Å². The number of nitrogens with zero attached hydrogens (tertiary/aromatic N) is 2. The standard InChI is InChI=1S/C14H19N3O2S/c1-10-16-14(19-17-10)13(12-2-5-18-6-3-12)15-8-11-4-7-20-9-11/h4,7,9,12-13,15H,2-3,5-6,8H2,1H3. The van der Waals surface area contributed by atoms with Gasteiger partial charge in [-0.05, 0) is 48.1 Å². The van der Waals surface area contributed by atoms with E-state index in [9.17, 15) is 0 Å². The Bertz CT molecular complexity index is 520. The van der Waals surface area contributed by atoms with Crippen molar-refractivity contribution in [3.05, 3.63) is 34.1 Å². The average molecular weight is 293 g/mol. The number of nitrogens with one attached hydrogen (secondary N) is 1. The van der Waals surface area contributed by atoms with Crippen LogP contribution < -0.4 is 5.32 Å². The van der Waals surface area contributed by atoms with Crippen molar-refractivity contribution < 1.29 is 9.26 Å². The van der Waals surface area contributed by atoms with Gasteiger partial charge in [0.15, 0.2) is 5.82 Å². The molecule has 0 bridgehead atoms. The first-order chi connectivity index (χ1) is 9.83. The monoisotopic (exact) mass is 293 g/mol. The third-order valence-corrected chi connectivity index (χ3v) is 4.38. The first kappa shape index (κ1) is 13.7. The van der Waals surface area contributed by atoms with Crippen LogP contribution in [0.3, 0.4) is 0 Å². The van der Waals surface area contributed by atoms with E-state index in [0.717, 1.165) is 32.6 Å². The summed E-state index contributed by atoms with van der Waals surface area (Å²) in [5.74, 6) is 1.88. The SMILES string of the molecule is Cc1noc(C(NCc2ccsc2)C2CCOCC2)n1. The van der Waals surface area contributed by atoms with Crippen molar-refractivity contribution >= 4 is 11.3 Å². The highest BCUT2D eigenvalue weighted by Crippen LogP contribution is 2.29. The molecular weight excluding hydrogens is 274 g/mol. The van der Waals surface area contributed by atoms with Crippen molar-refractivity contribution in [3.63, 3.8) is 0 Å². The molecule has 0 saturated carbocycles. The van der Waals surface area contributed by atoms with Gasteiger partial charge in [0.25, 0.3) is 0 Å². The van der Waals surface area contributed by atoms with E-state index in [4.69, 9.17) is 9.26 Å². The summed E-state index contributed by atoms with van der Waals surface area (Å²) in [6.45, 7) is 4.31. The molecule has 1 aliphatic heterocycles. The van der Waals surface area contributed by atoms with Gasteiger partial charge in [0.05, 0.1) is 6.04 Å². The molecule has 1 aliphatic rings. The molecule has 1 fully saturated rings. The molecule has 0 aromatic carbocycles. The molecule has 0 aliphatic carbocycles. The number of rotatable bonds is 5. The van der Waals surface area contributed by atoms with Gasteiger partial charge in [0, 0.05) is 19.8 Å². The first-order valence-corrected chi connectivity index (χ1v) is 7.89. The number of thiophene rings is 1. The molecule has 1 unspecified atom stereocenters. The Morgan fingerprint density at radius 2 is 2.30 bits per heavy atom. The van der Waals surface area contributed by atoms with Crippen LogP contribution in [-0.4, -0.2) is 23.4 Å². The van der Waals surface area contributed by atoms with Crippen LogP contribution in [0.4, 0.5) is 0 Å². The molecule has 5 nitrogen and oxygen atoms in total. The van der Waals surface area contributed by atoms with Gasteiger partial charge in [-0.15, -0.1) is 0 Å². The molecule has 6 heteroatoms. The molecule has 2 aromatic heterocycles. The number of ether oxygens (including phenoxy) is 1. The van der Waals surface area contributed by atoms with E-state index in [2.05, 4.69) is 32.3 Å². The minimum Gasteiger partial charge on any atom is -0.381 e. The fraction of sp³-hybridized carbons (Fsp3) is 0.571. The molecular formula is C14H19N3O2S. The Morgan fingerprint density at radius 3 is 2.95 bits per heavy atom. The van der Waals surface area contributed by atoms with Crippen LogP contribution in [0.1, 0.15) is 36.2 Å². The molecule has 1 atom stereocenters. The lowest BCUT2D eigenvalue weighted by Gasteiger charge is -2.28. The largest absolute Gasteiger partial charge is 0.381 e. The third kappa shape index (κ3) is 3.26. The second-order valence-electron chi connectivity index (χ2n) is 5.12. The van der Waals surface area contributed by atoms with E-state index in [1.54, 1.807) is 11.3 Å². The van der Waals surface area contributed by atoms with Gasteiger partial charge in [-0.3, -0.25) is 0 Å². The molecule has 0 amide bonds. The Kier molecular flexibility index (Phi) is 4.44. The summed E-state index contributed by atoms with van der Waals surface area (Å²) in [6.07, 6.45) is 2.06. The lowest BCUT2D eigenvalue weighted by molar-refractivity contribution is 0.0485. The number of hydrogen-bond donors (Lipinski definition) is 1. The van der Waals surface area contributed by atoms with Crippen molar-refractivity contribution in [1.29, 1.82) is 0 Å². The van der Waals surface area contributed by atoms with E-state index in [-0.39, 0.29) is 6.04 Å². The highest BCUT2D eigenvalue weighted by molar-refractivity contribution is 7.07. The molecule has 2 aromatic rings. The van der Waals surface area contributed by atoms with E-state index in [1.807, 2.05) is 6.92 Å². The lowest BCUT2D eigenvalue weighted by atomic mass is 9.91. The second kappa shape index (κ2) is 6.47. The first-order valence-electron chi connectivity index (χ1n) is 6.95. The summed E-state index contributed by atoms with van der Waals surface area (Å²) in [6, 6.07) is 2.25. The number of aryl methyl sites for hydroxylation is 1. The second-order valence-corrected chi connectivity index (χ2v) is 5.90. The van der Waals surface area contributed by atoms with Crippen LogP contribution in [-0.2, 0) is 11.3 Å². The maximum atomic E-state index is 5.45. The maximum Gasteiger partial charge on any atom is 0.244 e. The molecule has 0 radical (unpaired) electrons. The van der Waals surface area contributed by atoms with Crippen LogP contribution in [0.15, 0.2) is 21.3 Å². The van der Waals surface area contributed by atoms with Gasteiger partial charge >= 0.3 is 0 Å². The Morgan fingerprint density at radius 1 is 1.45 bits per heavy atom. The summed E-state index contributed by atoms with van der Waals surface area (Å²) in [5, 5.41) is 11.8. The minimum absolute atomic E-state index is 0.111. The molecule has 0 spiro atoms. The summed E-state index contributed by atoms with van der Waals surface area (Å²) >= 11 is 1.72. The van der Waals surface area contributed by atoms with Crippen molar-refractivity contribution in [2.24, 2.45) is 5.92 Å². The molecule has 3 rings (SSSR count). The summed E-state index contributed by atoms with van der Waals surface area (Å²) < 4.78 is 10.8. The van der Waals surface area contributed by atoms with E-state index >= 15 is 0 Å². The minimum atomic E-state index is 0.111. The highest BCUT2D eigenvalue weighted by Gasteiger charge is 2.29. The zero-order valence-electron chi connectivity index (χ0n) is 11.5. The Hall–Kier alpha value is -1.24. The third-order valence-electron chi connectivity index (χ3n) is 3.65. The van der Waals surface area contributed by atoms with Gasteiger partial charge in [0.2, 0.25) is 5.89 Å². The molecule has 20 heavy (non-hydrogen) atoms. The predicted octanol–water partition coefficient (Wildman–Crippen LogP) is 2.70. The van der Waals surface area contributed by atoms with Crippen molar-refractivity contribution in [3.8, 4) is 0 Å². The van der Waals surface area contributed by atoms with E-state index in [1.165, 1.54) is 5.56 Å². The maximum absolute atomic E-state index is 5.45. The van der Waals surface area contributed by atoms with Crippen molar-refractivity contribution in [2.75, 3.05) is 13.2 Å². The summed E-state index contributed by atoms with van der Waals surface area (Å²) in [5.41, 5.74) is 1.29. The highest BCUT2D eigenvalue weighted by atomic mass is 32.1. The van der Waals surface area contributed by atoms with Crippen molar-refractivity contribution in [2.45, 2.75) is 32.4 Å². The Labute approximate surface area is 122 Å². The lowest BCUT2D eigenvalue weighted by Crippen LogP contribution is -2.32. The van der Waals surface area contributed by atoms with E-state index in [0.29, 0.717) is 17.6 Å². The van der Waals surface area contributed by atoms with Gasteiger partial charge in [0.1, 0.15) is 0 Å². The van der Waals surface area contributed by atoms with Gasteiger partial charge in [-0.2, -0.15) is 16.3 Å². The summed E-state index contributed by atoms with van der Waals surface area (Å²) in [7, 11) is 0. The molecule has 3 heterocycles. The summed E-state index contributed by atoms with van der Waals surface area (Å²) in [4.78, 5) is 4.41. The van der Waals surface area contributed by atoms with Crippen LogP contribution in [0.25, 0.3) is 0 Å². The fourth-order valence-corrected chi connectivity index (χ4v) is 3.23. The number of hydrogen-bond acceptors (Lipinski definition) is 6. The van der Waals surface area contributed by atoms with Crippen molar-refractivity contribution in [1.82, 2.24) is 15.5 Å². The smallest absolute Gasteiger partial charge is 0.244 e. The zero-order chi connectivity index (χ0) is 13.8.